The van der Waals surface area contributed by atoms with Crippen LogP contribution in [0.25, 0.3) is 0 Å². The Bertz CT molecular complexity index is 1120. The summed E-state index contributed by atoms with van der Waals surface area (Å²) in [6.07, 6.45) is -4.08. The number of benzene rings is 2. The minimum atomic E-state index is -4.90. The van der Waals surface area contributed by atoms with E-state index in [1.165, 1.54) is 4.31 Å². The fourth-order valence-corrected chi connectivity index (χ4v) is 6.08. The van der Waals surface area contributed by atoms with Gasteiger partial charge in [-0.25, -0.2) is 12.8 Å². The van der Waals surface area contributed by atoms with E-state index in [0.29, 0.717) is 36.1 Å². The van der Waals surface area contributed by atoms with Crippen LogP contribution in [0.3, 0.4) is 0 Å². The Hall–Kier alpha value is -2.46. The van der Waals surface area contributed by atoms with Crippen LogP contribution >= 0.6 is 0 Å². The zero-order chi connectivity index (χ0) is 23.8. The summed E-state index contributed by atoms with van der Waals surface area (Å²) in [5.41, 5.74) is 0.481. The lowest BCUT2D eigenvalue weighted by Crippen LogP contribution is -2.44. The lowest BCUT2D eigenvalue weighted by molar-refractivity contribution is -0.140. The molecule has 1 aliphatic heterocycles. The first-order valence-electron chi connectivity index (χ1n) is 10.1. The molecule has 1 atom stereocenters. The van der Waals surface area contributed by atoms with E-state index in [2.05, 4.69) is 5.32 Å². The molecule has 174 valence electrons. The van der Waals surface area contributed by atoms with Crippen LogP contribution in [-0.2, 0) is 21.0 Å². The van der Waals surface area contributed by atoms with Crippen molar-refractivity contribution in [2.75, 3.05) is 18.4 Å². The molecule has 2 aromatic rings. The number of carbonyl (C=O) groups is 1. The van der Waals surface area contributed by atoms with Crippen LogP contribution < -0.4 is 5.32 Å². The first kappa shape index (κ1) is 24.2. The molecule has 2 aromatic carbocycles. The lowest BCUT2D eigenvalue weighted by atomic mass is 9.98. The quantitative estimate of drug-likeness (QED) is 0.650. The third-order valence-corrected chi connectivity index (χ3v) is 7.67. The maximum Gasteiger partial charge on any atom is 0.419 e. The van der Waals surface area contributed by atoms with Crippen LogP contribution in [0.5, 0.6) is 0 Å². The molecule has 0 aliphatic carbocycles. The maximum absolute atomic E-state index is 13.5. The predicted molar refractivity (Wildman–Crippen MR) is 112 cm³/mol. The number of nitrogens with one attached hydrogen (secondary N) is 1. The number of piperidine rings is 1. The Balaban J connectivity index is 1.80. The van der Waals surface area contributed by atoms with Gasteiger partial charge in [-0.2, -0.15) is 17.5 Å². The van der Waals surface area contributed by atoms with Crippen molar-refractivity contribution in [2.45, 2.75) is 44.7 Å². The minimum absolute atomic E-state index is 0.0890. The minimum Gasteiger partial charge on any atom is -0.326 e. The number of amides is 1. The van der Waals surface area contributed by atoms with Crippen molar-refractivity contribution in [3.05, 3.63) is 58.4 Å². The standard InChI is InChI=1S/C22H24F4N2O3S/c1-13-9-14(2)20(15(3)10-13)32(30,31)28-8-4-5-16(12-28)21(29)27-17-6-7-19(23)18(11-17)22(24,25)26/h6-7,9-11,16H,4-5,8,12H2,1-3H3,(H,27,29)/t16-/m1/s1. The summed E-state index contributed by atoms with van der Waals surface area (Å²) in [4.78, 5) is 12.9. The number of halogens is 4. The molecule has 0 bridgehead atoms. The van der Waals surface area contributed by atoms with Crippen LogP contribution in [0, 0.1) is 32.5 Å². The zero-order valence-electron chi connectivity index (χ0n) is 17.9. The number of nitrogens with zero attached hydrogens (tertiary/aromatic N) is 1. The molecule has 0 aromatic heterocycles. The average Bonchev–Trinajstić information content (AvgIpc) is 2.67. The molecular formula is C22H24F4N2O3S. The second-order valence-electron chi connectivity index (χ2n) is 8.11. The van der Waals surface area contributed by atoms with E-state index in [0.717, 1.165) is 11.6 Å². The average molecular weight is 473 g/mol. The van der Waals surface area contributed by atoms with Crippen molar-refractivity contribution in [3.8, 4) is 0 Å². The summed E-state index contributed by atoms with van der Waals surface area (Å²) in [5.74, 6) is -2.79. The van der Waals surface area contributed by atoms with Crippen LogP contribution in [0.2, 0.25) is 0 Å². The first-order valence-corrected chi connectivity index (χ1v) is 11.5. The van der Waals surface area contributed by atoms with Gasteiger partial charge in [-0.15, -0.1) is 0 Å². The van der Waals surface area contributed by atoms with Gasteiger partial charge in [0.1, 0.15) is 5.82 Å². The van der Waals surface area contributed by atoms with Crippen molar-refractivity contribution in [1.29, 1.82) is 0 Å². The molecule has 0 saturated carbocycles. The van der Waals surface area contributed by atoms with E-state index in [1.807, 2.05) is 6.92 Å². The van der Waals surface area contributed by atoms with Crippen molar-refractivity contribution in [3.63, 3.8) is 0 Å². The number of sulfonamides is 1. The number of alkyl halides is 3. The highest BCUT2D eigenvalue weighted by Gasteiger charge is 2.36. The van der Waals surface area contributed by atoms with Crippen molar-refractivity contribution in [2.24, 2.45) is 5.92 Å². The van der Waals surface area contributed by atoms with E-state index >= 15 is 0 Å². The van der Waals surface area contributed by atoms with E-state index in [9.17, 15) is 30.8 Å². The molecule has 1 fully saturated rings. The molecule has 0 unspecified atom stereocenters. The Morgan fingerprint density at radius 2 is 1.72 bits per heavy atom. The molecule has 32 heavy (non-hydrogen) atoms. The molecule has 1 amide bonds. The van der Waals surface area contributed by atoms with Gasteiger partial charge in [0.25, 0.3) is 0 Å². The molecule has 1 saturated heterocycles. The summed E-state index contributed by atoms with van der Waals surface area (Å²) < 4.78 is 80.1. The lowest BCUT2D eigenvalue weighted by Gasteiger charge is -2.32. The highest BCUT2D eigenvalue weighted by molar-refractivity contribution is 7.89. The fourth-order valence-electron chi connectivity index (χ4n) is 4.14. The fraction of sp³-hybridized carbons (Fsp3) is 0.409. The number of aryl methyl sites for hydroxylation is 3. The van der Waals surface area contributed by atoms with Gasteiger partial charge >= 0.3 is 6.18 Å². The number of anilines is 1. The van der Waals surface area contributed by atoms with E-state index in [4.69, 9.17) is 0 Å². The third kappa shape index (κ3) is 4.96. The summed E-state index contributed by atoms with van der Waals surface area (Å²) in [7, 11) is -3.86. The van der Waals surface area contributed by atoms with Crippen LogP contribution in [-0.4, -0.2) is 31.7 Å². The molecule has 0 spiro atoms. The Morgan fingerprint density at radius 3 is 2.31 bits per heavy atom. The topological polar surface area (TPSA) is 66.5 Å². The second kappa shape index (κ2) is 8.82. The van der Waals surface area contributed by atoms with Gasteiger partial charge in [0.2, 0.25) is 15.9 Å². The summed E-state index contributed by atoms with van der Waals surface area (Å²) in [5, 5.41) is 2.37. The van der Waals surface area contributed by atoms with Gasteiger partial charge in [-0.05, 0) is 62.9 Å². The molecular weight excluding hydrogens is 448 g/mol. The Kier molecular flexibility index (Phi) is 6.67. The van der Waals surface area contributed by atoms with Gasteiger partial charge in [-0.1, -0.05) is 17.7 Å². The number of rotatable bonds is 4. The van der Waals surface area contributed by atoms with E-state index in [1.54, 1.807) is 26.0 Å². The highest BCUT2D eigenvalue weighted by atomic mass is 32.2. The zero-order valence-corrected chi connectivity index (χ0v) is 18.7. The molecule has 0 radical (unpaired) electrons. The normalized spacial score (nSPS) is 17.9. The van der Waals surface area contributed by atoms with Gasteiger partial charge in [0, 0.05) is 18.8 Å². The predicted octanol–water partition coefficient (Wildman–Crippen LogP) is 4.81. The van der Waals surface area contributed by atoms with Crippen LogP contribution in [0.4, 0.5) is 23.2 Å². The highest BCUT2D eigenvalue weighted by Crippen LogP contribution is 2.34. The molecule has 1 N–H and O–H groups in total. The van der Waals surface area contributed by atoms with Crippen LogP contribution in [0.15, 0.2) is 35.2 Å². The smallest absolute Gasteiger partial charge is 0.326 e. The van der Waals surface area contributed by atoms with Crippen molar-refractivity contribution >= 4 is 21.6 Å². The SMILES string of the molecule is Cc1cc(C)c(S(=O)(=O)N2CCC[C@@H](C(=O)Nc3ccc(F)c(C(F)(F)F)c3)C2)c(C)c1. The molecule has 1 aliphatic rings. The van der Waals surface area contributed by atoms with E-state index < -0.39 is 39.4 Å². The second-order valence-corrected chi connectivity index (χ2v) is 9.99. The van der Waals surface area contributed by atoms with Crippen molar-refractivity contribution in [1.82, 2.24) is 4.31 Å². The first-order chi connectivity index (χ1) is 14.8. The van der Waals surface area contributed by atoms with Gasteiger partial charge in [0.15, 0.2) is 0 Å². The largest absolute Gasteiger partial charge is 0.419 e. The molecule has 3 rings (SSSR count). The Labute approximate surface area is 184 Å². The summed E-state index contributed by atoms with van der Waals surface area (Å²) >= 11 is 0. The summed E-state index contributed by atoms with van der Waals surface area (Å²) in [6.45, 7) is 5.46. The van der Waals surface area contributed by atoms with E-state index in [-0.39, 0.29) is 23.7 Å². The monoisotopic (exact) mass is 472 g/mol. The Morgan fingerprint density at radius 1 is 1.09 bits per heavy atom. The third-order valence-electron chi connectivity index (χ3n) is 5.50. The molecule has 10 heteroatoms. The van der Waals surface area contributed by atoms with Gasteiger partial charge < -0.3 is 5.32 Å². The van der Waals surface area contributed by atoms with Crippen LogP contribution in [0.1, 0.15) is 35.1 Å². The number of hydrogen-bond acceptors (Lipinski definition) is 3. The molecule has 5 nitrogen and oxygen atoms in total. The van der Waals surface area contributed by atoms with Gasteiger partial charge in [-0.3, -0.25) is 4.79 Å². The molecule has 1 heterocycles. The van der Waals surface area contributed by atoms with Gasteiger partial charge in [0.05, 0.1) is 16.4 Å². The van der Waals surface area contributed by atoms with Crippen molar-refractivity contribution < 1.29 is 30.8 Å². The number of hydrogen-bond donors (Lipinski definition) is 1. The summed E-state index contributed by atoms with van der Waals surface area (Å²) in [6, 6.07) is 5.77. The maximum atomic E-state index is 13.5. The number of carbonyl (C=O) groups excluding carboxylic acids is 1.